The molecule has 0 atom stereocenters. The van der Waals surface area contributed by atoms with E-state index in [0.717, 1.165) is 12.1 Å². The summed E-state index contributed by atoms with van der Waals surface area (Å²) in [5, 5.41) is 0. The molecular weight excluding hydrogens is 314 g/mol. The Morgan fingerprint density at radius 1 is 1.09 bits per heavy atom. The van der Waals surface area contributed by atoms with Crippen LogP contribution in [-0.2, 0) is 6.54 Å². The summed E-state index contributed by atoms with van der Waals surface area (Å²) >= 11 is 0. The number of alkyl halides is 2. The number of hydrogen-bond donors (Lipinski definition) is 0. The fraction of sp³-hybridized carbons (Fsp3) is 0.188. The molecule has 2 aromatic carbocycles. The molecule has 0 unspecified atom stereocenters. The van der Waals surface area contributed by atoms with Crippen molar-refractivity contribution in [1.29, 1.82) is 0 Å². The number of hydrogen-bond acceptors (Lipinski definition) is 2. The lowest BCUT2D eigenvalue weighted by Crippen LogP contribution is -2.26. The Morgan fingerprint density at radius 2 is 1.74 bits per heavy atom. The van der Waals surface area contributed by atoms with Crippen LogP contribution < -0.4 is 4.74 Å². The van der Waals surface area contributed by atoms with Gasteiger partial charge in [0.2, 0.25) is 0 Å². The highest BCUT2D eigenvalue weighted by Gasteiger charge is 2.14. The van der Waals surface area contributed by atoms with Gasteiger partial charge in [-0.25, -0.2) is 8.78 Å². The average Bonchev–Trinajstić information content (AvgIpc) is 2.50. The van der Waals surface area contributed by atoms with Gasteiger partial charge in [0.1, 0.15) is 5.75 Å². The molecule has 0 N–H and O–H groups in total. The normalized spacial score (nSPS) is 10.7. The first-order valence-corrected chi connectivity index (χ1v) is 6.61. The quantitative estimate of drug-likeness (QED) is 0.781. The van der Waals surface area contributed by atoms with Gasteiger partial charge in [-0.1, -0.05) is 12.1 Å². The molecule has 2 rings (SSSR count). The minimum Gasteiger partial charge on any atom is -0.435 e. The molecule has 3 nitrogen and oxygen atoms in total. The number of rotatable bonds is 5. The summed E-state index contributed by atoms with van der Waals surface area (Å²) in [4.78, 5) is 13.4. The van der Waals surface area contributed by atoms with E-state index in [9.17, 15) is 22.4 Å². The van der Waals surface area contributed by atoms with Crippen molar-refractivity contribution >= 4 is 5.91 Å². The molecule has 0 saturated heterocycles. The first kappa shape index (κ1) is 16.8. The van der Waals surface area contributed by atoms with Crippen LogP contribution in [0.1, 0.15) is 15.9 Å². The molecule has 122 valence electrons. The van der Waals surface area contributed by atoms with Crippen LogP contribution in [0, 0.1) is 11.6 Å². The first-order chi connectivity index (χ1) is 10.9. The van der Waals surface area contributed by atoms with E-state index in [1.54, 1.807) is 0 Å². The van der Waals surface area contributed by atoms with Gasteiger partial charge >= 0.3 is 6.61 Å². The van der Waals surface area contributed by atoms with Crippen molar-refractivity contribution < 1.29 is 27.1 Å². The van der Waals surface area contributed by atoms with Crippen molar-refractivity contribution in [2.45, 2.75) is 13.2 Å². The Bertz CT molecular complexity index is 689. The van der Waals surface area contributed by atoms with Gasteiger partial charge in [0.25, 0.3) is 5.91 Å². The predicted molar refractivity (Wildman–Crippen MR) is 75.2 cm³/mol. The highest BCUT2D eigenvalue weighted by Crippen LogP contribution is 2.17. The molecule has 7 heteroatoms. The number of carbonyl (C=O) groups excluding carboxylic acids is 1. The summed E-state index contributed by atoms with van der Waals surface area (Å²) in [6, 6.07) is 8.69. The van der Waals surface area contributed by atoms with Crippen LogP contribution in [-0.4, -0.2) is 24.5 Å². The summed E-state index contributed by atoms with van der Waals surface area (Å²) in [5.74, 6) is -2.60. The molecule has 0 spiro atoms. The van der Waals surface area contributed by atoms with Crippen LogP contribution in [0.4, 0.5) is 17.6 Å². The number of amides is 1. The van der Waals surface area contributed by atoms with E-state index < -0.39 is 24.2 Å². The zero-order chi connectivity index (χ0) is 17.0. The molecule has 2 aromatic rings. The first-order valence-electron chi connectivity index (χ1n) is 6.61. The Kier molecular flexibility index (Phi) is 5.20. The van der Waals surface area contributed by atoms with Gasteiger partial charge in [0.15, 0.2) is 11.6 Å². The lowest BCUT2D eigenvalue weighted by molar-refractivity contribution is -0.0498. The Hall–Kier alpha value is -2.57. The van der Waals surface area contributed by atoms with Crippen LogP contribution in [0.2, 0.25) is 0 Å². The van der Waals surface area contributed by atoms with Gasteiger partial charge in [0, 0.05) is 19.2 Å². The molecule has 0 bridgehead atoms. The fourth-order valence-corrected chi connectivity index (χ4v) is 1.97. The molecule has 0 fully saturated rings. The molecule has 0 radical (unpaired) electrons. The SMILES string of the molecule is CN(Cc1ccc(OC(F)F)cc1)C(=O)c1ccc(F)c(F)c1. The van der Waals surface area contributed by atoms with Crippen LogP contribution >= 0.6 is 0 Å². The van der Waals surface area contributed by atoms with Gasteiger partial charge in [-0.15, -0.1) is 0 Å². The molecule has 0 aliphatic heterocycles. The molecule has 0 saturated carbocycles. The summed E-state index contributed by atoms with van der Waals surface area (Å²) in [6.45, 7) is -2.73. The minimum atomic E-state index is -2.90. The molecular formula is C16H13F4NO2. The molecule has 0 aliphatic carbocycles. The number of nitrogens with zero attached hydrogens (tertiary/aromatic N) is 1. The number of ether oxygens (including phenoxy) is 1. The van der Waals surface area contributed by atoms with Crippen molar-refractivity contribution in [3.8, 4) is 5.75 Å². The molecule has 0 aromatic heterocycles. The van der Waals surface area contributed by atoms with E-state index in [2.05, 4.69) is 4.74 Å². The summed E-state index contributed by atoms with van der Waals surface area (Å²) in [5.41, 5.74) is 0.689. The summed E-state index contributed by atoms with van der Waals surface area (Å²) in [7, 11) is 1.49. The van der Waals surface area contributed by atoms with Crippen molar-refractivity contribution in [3.63, 3.8) is 0 Å². The molecule has 0 aliphatic rings. The smallest absolute Gasteiger partial charge is 0.387 e. The monoisotopic (exact) mass is 327 g/mol. The highest BCUT2D eigenvalue weighted by molar-refractivity contribution is 5.94. The minimum absolute atomic E-state index is 0.0123. The zero-order valence-corrected chi connectivity index (χ0v) is 12.1. The topological polar surface area (TPSA) is 29.5 Å². The lowest BCUT2D eigenvalue weighted by atomic mass is 10.1. The van der Waals surface area contributed by atoms with E-state index in [0.29, 0.717) is 5.56 Å². The standard InChI is InChI=1S/C16H13F4NO2/c1-21(15(22)11-4-7-13(17)14(18)8-11)9-10-2-5-12(6-3-10)23-16(19)20/h2-8,16H,9H2,1H3. The van der Waals surface area contributed by atoms with Gasteiger partial charge in [0.05, 0.1) is 0 Å². The van der Waals surface area contributed by atoms with Gasteiger partial charge in [-0.2, -0.15) is 8.78 Å². The van der Waals surface area contributed by atoms with Crippen molar-refractivity contribution in [2.75, 3.05) is 7.05 Å². The predicted octanol–water partition coefficient (Wildman–Crippen LogP) is 3.84. The average molecular weight is 327 g/mol. The van der Waals surface area contributed by atoms with Gasteiger partial charge in [-0.05, 0) is 35.9 Å². The third kappa shape index (κ3) is 4.45. The van der Waals surface area contributed by atoms with Crippen molar-refractivity contribution in [3.05, 3.63) is 65.2 Å². The van der Waals surface area contributed by atoms with E-state index in [1.165, 1.54) is 42.3 Å². The summed E-state index contributed by atoms with van der Waals surface area (Å²) < 4.78 is 54.4. The van der Waals surface area contributed by atoms with Crippen molar-refractivity contribution in [1.82, 2.24) is 4.90 Å². The van der Waals surface area contributed by atoms with Crippen LogP contribution in [0.3, 0.4) is 0 Å². The zero-order valence-electron chi connectivity index (χ0n) is 12.1. The second kappa shape index (κ2) is 7.13. The Labute approximate surface area is 130 Å². The molecule has 0 heterocycles. The van der Waals surface area contributed by atoms with Gasteiger partial charge in [-0.3, -0.25) is 4.79 Å². The second-order valence-electron chi connectivity index (χ2n) is 4.81. The fourth-order valence-electron chi connectivity index (χ4n) is 1.97. The third-order valence-corrected chi connectivity index (χ3v) is 3.08. The Balaban J connectivity index is 2.04. The van der Waals surface area contributed by atoms with Crippen LogP contribution in [0.15, 0.2) is 42.5 Å². The van der Waals surface area contributed by atoms with Gasteiger partial charge < -0.3 is 9.64 Å². The lowest BCUT2D eigenvalue weighted by Gasteiger charge is -2.17. The molecule has 1 amide bonds. The van der Waals surface area contributed by atoms with Crippen LogP contribution in [0.5, 0.6) is 5.75 Å². The number of benzene rings is 2. The maximum Gasteiger partial charge on any atom is 0.387 e. The highest BCUT2D eigenvalue weighted by atomic mass is 19.3. The van der Waals surface area contributed by atoms with E-state index in [1.807, 2.05) is 0 Å². The largest absolute Gasteiger partial charge is 0.435 e. The van der Waals surface area contributed by atoms with Crippen LogP contribution in [0.25, 0.3) is 0 Å². The van der Waals surface area contributed by atoms with Crippen molar-refractivity contribution in [2.24, 2.45) is 0 Å². The van der Waals surface area contributed by atoms with E-state index in [4.69, 9.17) is 0 Å². The summed E-state index contributed by atoms with van der Waals surface area (Å²) in [6.07, 6.45) is 0. The second-order valence-corrected chi connectivity index (χ2v) is 4.81. The number of carbonyl (C=O) groups is 1. The van der Waals surface area contributed by atoms with E-state index >= 15 is 0 Å². The van der Waals surface area contributed by atoms with E-state index in [-0.39, 0.29) is 17.9 Å². The third-order valence-electron chi connectivity index (χ3n) is 3.08. The number of halogens is 4. The maximum absolute atomic E-state index is 13.2. The maximum atomic E-state index is 13.2. The molecule has 23 heavy (non-hydrogen) atoms. The Morgan fingerprint density at radius 3 is 2.30 bits per heavy atom.